The summed E-state index contributed by atoms with van der Waals surface area (Å²) in [6.07, 6.45) is 4.28. The molecule has 0 aromatic heterocycles. The smallest absolute Gasteiger partial charge is 0.224 e. The van der Waals surface area contributed by atoms with Crippen LogP contribution in [0.15, 0.2) is 24.3 Å². The van der Waals surface area contributed by atoms with E-state index in [0.717, 1.165) is 11.4 Å². The second-order valence-electron chi connectivity index (χ2n) is 7.11. The van der Waals surface area contributed by atoms with Crippen molar-refractivity contribution in [1.29, 1.82) is 0 Å². The Morgan fingerprint density at radius 3 is 2.43 bits per heavy atom. The molecule has 1 aromatic carbocycles. The fourth-order valence-electron chi connectivity index (χ4n) is 3.27. The summed E-state index contributed by atoms with van der Waals surface area (Å²) >= 11 is 0. The van der Waals surface area contributed by atoms with E-state index < -0.39 is 0 Å². The number of amides is 1. The highest BCUT2D eigenvalue weighted by Gasteiger charge is 2.32. The maximum Gasteiger partial charge on any atom is 0.224 e. The van der Waals surface area contributed by atoms with Crippen molar-refractivity contribution in [3.8, 4) is 0 Å². The zero-order valence-corrected chi connectivity index (χ0v) is 13.7. The van der Waals surface area contributed by atoms with E-state index in [4.69, 9.17) is 0 Å². The third-order valence-corrected chi connectivity index (χ3v) is 4.54. The average Bonchev–Trinajstić information content (AvgIpc) is 2.43. The molecule has 2 rings (SSSR count). The zero-order valence-electron chi connectivity index (χ0n) is 13.7. The molecular formula is C18H28N2O. The van der Waals surface area contributed by atoms with Gasteiger partial charge in [0, 0.05) is 23.8 Å². The molecule has 1 aliphatic rings. The van der Waals surface area contributed by atoms with Gasteiger partial charge in [0.25, 0.3) is 0 Å². The van der Waals surface area contributed by atoms with Gasteiger partial charge in [0.15, 0.2) is 0 Å². The molecule has 0 bridgehead atoms. The van der Waals surface area contributed by atoms with Crippen LogP contribution in [-0.2, 0) is 4.79 Å². The number of hydrogen-bond donors (Lipinski definition) is 2. The Hall–Kier alpha value is -1.51. The van der Waals surface area contributed by atoms with Gasteiger partial charge in [-0.05, 0) is 54.9 Å². The van der Waals surface area contributed by atoms with Crippen molar-refractivity contribution in [2.75, 3.05) is 10.6 Å². The Balaban J connectivity index is 1.93. The number of carbonyl (C=O) groups excluding carboxylic acids is 1. The van der Waals surface area contributed by atoms with Crippen LogP contribution in [0.4, 0.5) is 11.4 Å². The Kier molecular flexibility index (Phi) is 4.92. The van der Waals surface area contributed by atoms with Crippen molar-refractivity contribution in [1.82, 2.24) is 0 Å². The van der Waals surface area contributed by atoms with Crippen LogP contribution in [0.2, 0.25) is 0 Å². The van der Waals surface area contributed by atoms with E-state index in [-0.39, 0.29) is 5.91 Å². The molecule has 2 unspecified atom stereocenters. The molecule has 1 aromatic rings. The maximum atomic E-state index is 11.4. The van der Waals surface area contributed by atoms with Crippen molar-refractivity contribution >= 4 is 17.3 Å². The molecule has 0 radical (unpaired) electrons. The predicted molar refractivity (Wildman–Crippen MR) is 89.6 cm³/mol. The molecule has 21 heavy (non-hydrogen) atoms. The first kappa shape index (κ1) is 15.9. The van der Waals surface area contributed by atoms with Gasteiger partial charge in [0.1, 0.15) is 0 Å². The minimum atomic E-state index is 0.0545. The van der Waals surface area contributed by atoms with Gasteiger partial charge in [0.2, 0.25) is 5.91 Å². The molecule has 0 saturated heterocycles. The molecule has 1 saturated carbocycles. The van der Waals surface area contributed by atoms with Gasteiger partial charge in [-0.25, -0.2) is 0 Å². The number of benzene rings is 1. The molecule has 0 aliphatic heterocycles. The topological polar surface area (TPSA) is 41.1 Å². The van der Waals surface area contributed by atoms with E-state index in [1.807, 2.05) is 19.1 Å². The van der Waals surface area contributed by atoms with Gasteiger partial charge in [-0.3, -0.25) is 4.79 Å². The SMILES string of the molecule is CCC(=O)Nc1ccc(NC2CCC(C)(C)CC2C)cc1. The summed E-state index contributed by atoms with van der Waals surface area (Å²) in [4.78, 5) is 11.4. The van der Waals surface area contributed by atoms with Crippen LogP contribution in [0.3, 0.4) is 0 Å². The number of rotatable bonds is 4. The quantitative estimate of drug-likeness (QED) is 0.846. The number of carbonyl (C=O) groups is 1. The first-order valence-corrected chi connectivity index (χ1v) is 8.06. The standard InChI is InChI=1S/C18H28N2O/c1-5-17(21)20-15-8-6-14(7-9-15)19-16-10-11-18(3,4)12-13(16)2/h6-9,13,16,19H,5,10-12H2,1-4H3,(H,20,21). The van der Waals surface area contributed by atoms with Crippen molar-refractivity contribution < 1.29 is 4.79 Å². The fourth-order valence-corrected chi connectivity index (χ4v) is 3.27. The zero-order chi connectivity index (χ0) is 15.5. The maximum absolute atomic E-state index is 11.4. The third-order valence-electron chi connectivity index (χ3n) is 4.54. The number of nitrogens with one attached hydrogen (secondary N) is 2. The lowest BCUT2D eigenvalue weighted by molar-refractivity contribution is -0.115. The number of anilines is 2. The van der Waals surface area contributed by atoms with Crippen molar-refractivity contribution in [2.24, 2.45) is 11.3 Å². The highest BCUT2D eigenvalue weighted by Crippen LogP contribution is 2.39. The second-order valence-corrected chi connectivity index (χ2v) is 7.11. The molecule has 2 atom stereocenters. The molecule has 116 valence electrons. The molecule has 3 heteroatoms. The fraction of sp³-hybridized carbons (Fsp3) is 0.611. The molecule has 2 N–H and O–H groups in total. The first-order valence-electron chi connectivity index (χ1n) is 8.06. The lowest BCUT2D eigenvalue weighted by Crippen LogP contribution is -2.36. The lowest BCUT2D eigenvalue weighted by Gasteiger charge is -2.40. The molecule has 1 fully saturated rings. The van der Waals surface area contributed by atoms with Crippen LogP contribution >= 0.6 is 0 Å². The second kappa shape index (κ2) is 6.50. The summed E-state index contributed by atoms with van der Waals surface area (Å²) in [5, 5.41) is 6.53. The van der Waals surface area contributed by atoms with E-state index in [2.05, 4.69) is 43.5 Å². The van der Waals surface area contributed by atoms with E-state index in [1.54, 1.807) is 0 Å². The van der Waals surface area contributed by atoms with Gasteiger partial charge in [0.05, 0.1) is 0 Å². The molecule has 0 spiro atoms. The lowest BCUT2D eigenvalue weighted by atomic mass is 9.70. The van der Waals surface area contributed by atoms with Gasteiger partial charge in [-0.15, -0.1) is 0 Å². The monoisotopic (exact) mass is 288 g/mol. The normalized spacial score (nSPS) is 24.4. The van der Waals surface area contributed by atoms with Gasteiger partial charge < -0.3 is 10.6 Å². The third kappa shape index (κ3) is 4.48. The van der Waals surface area contributed by atoms with Crippen molar-refractivity contribution in [2.45, 2.75) is 59.4 Å². The minimum absolute atomic E-state index is 0.0545. The van der Waals surface area contributed by atoms with E-state index in [0.29, 0.717) is 23.8 Å². The van der Waals surface area contributed by atoms with Crippen LogP contribution in [0.1, 0.15) is 53.4 Å². The largest absolute Gasteiger partial charge is 0.382 e. The summed E-state index contributed by atoms with van der Waals surface area (Å²) in [7, 11) is 0. The summed E-state index contributed by atoms with van der Waals surface area (Å²) in [5.74, 6) is 0.743. The summed E-state index contributed by atoms with van der Waals surface area (Å²) in [5.41, 5.74) is 2.48. The van der Waals surface area contributed by atoms with Crippen LogP contribution in [-0.4, -0.2) is 11.9 Å². The molecule has 3 nitrogen and oxygen atoms in total. The van der Waals surface area contributed by atoms with Crippen LogP contribution in [0.5, 0.6) is 0 Å². The van der Waals surface area contributed by atoms with Crippen molar-refractivity contribution in [3.63, 3.8) is 0 Å². The first-order chi connectivity index (χ1) is 9.89. The number of hydrogen-bond acceptors (Lipinski definition) is 2. The Bertz CT molecular complexity index is 478. The predicted octanol–water partition coefficient (Wildman–Crippen LogP) is 4.66. The van der Waals surface area contributed by atoms with E-state index >= 15 is 0 Å². The highest BCUT2D eigenvalue weighted by molar-refractivity contribution is 5.90. The molecule has 1 aliphatic carbocycles. The average molecular weight is 288 g/mol. The molecule has 0 heterocycles. The van der Waals surface area contributed by atoms with Crippen LogP contribution in [0.25, 0.3) is 0 Å². The van der Waals surface area contributed by atoms with Gasteiger partial charge >= 0.3 is 0 Å². The van der Waals surface area contributed by atoms with E-state index in [9.17, 15) is 4.79 Å². The Morgan fingerprint density at radius 2 is 1.86 bits per heavy atom. The van der Waals surface area contributed by atoms with Gasteiger partial charge in [-0.1, -0.05) is 27.7 Å². The van der Waals surface area contributed by atoms with Crippen LogP contribution in [0, 0.1) is 11.3 Å². The Labute approximate surface area is 128 Å². The van der Waals surface area contributed by atoms with Crippen molar-refractivity contribution in [3.05, 3.63) is 24.3 Å². The van der Waals surface area contributed by atoms with E-state index in [1.165, 1.54) is 19.3 Å². The summed E-state index contributed by atoms with van der Waals surface area (Å²) < 4.78 is 0. The Morgan fingerprint density at radius 1 is 1.24 bits per heavy atom. The van der Waals surface area contributed by atoms with Crippen LogP contribution < -0.4 is 10.6 Å². The summed E-state index contributed by atoms with van der Waals surface area (Å²) in [6, 6.07) is 8.59. The molecular weight excluding hydrogens is 260 g/mol. The minimum Gasteiger partial charge on any atom is -0.382 e. The summed E-state index contributed by atoms with van der Waals surface area (Å²) in [6.45, 7) is 8.93. The van der Waals surface area contributed by atoms with Gasteiger partial charge in [-0.2, -0.15) is 0 Å². The molecule has 1 amide bonds. The highest BCUT2D eigenvalue weighted by atomic mass is 16.1.